The summed E-state index contributed by atoms with van der Waals surface area (Å²) in [5.41, 5.74) is 11.7. The molecule has 0 saturated heterocycles. The highest BCUT2D eigenvalue weighted by Crippen LogP contribution is 2.39. The number of benzene rings is 2. The van der Waals surface area contributed by atoms with Crippen LogP contribution in [0.1, 0.15) is 35.6 Å². The molecule has 0 aliphatic heterocycles. The molecular weight excluding hydrogens is 326 g/mol. The number of rotatable bonds is 5. The van der Waals surface area contributed by atoms with Crippen molar-refractivity contribution in [3.63, 3.8) is 0 Å². The van der Waals surface area contributed by atoms with Crippen molar-refractivity contribution in [1.29, 1.82) is 0 Å². The second kappa shape index (κ2) is 6.99. The van der Waals surface area contributed by atoms with E-state index in [-0.39, 0.29) is 0 Å². The Bertz CT molecular complexity index is 594. The van der Waals surface area contributed by atoms with Crippen LogP contribution in [0.15, 0.2) is 34.8 Å². The molecule has 0 fully saturated rings. The summed E-state index contributed by atoms with van der Waals surface area (Å²) < 4.78 is 7.12. The maximum absolute atomic E-state index is 6.30. The van der Waals surface area contributed by atoms with Crippen molar-refractivity contribution in [2.75, 3.05) is 5.73 Å². The molecule has 0 bridgehead atoms. The molecule has 2 nitrogen and oxygen atoms in total. The second-order valence-corrected chi connectivity index (χ2v) is 6.10. The predicted octanol–water partition coefficient (Wildman–Crippen LogP) is 5.18. The number of hydrogen-bond acceptors (Lipinski definition) is 2. The molecule has 0 unspecified atom stereocenters. The topological polar surface area (TPSA) is 35.2 Å². The Kier molecular flexibility index (Phi) is 5.29. The second-order valence-electron chi connectivity index (χ2n) is 5.31. The molecule has 2 rings (SSSR count). The molecule has 0 aliphatic rings. The fourth-order valence-corrected chi connectivity index (χ4v) is 3.16. The van der Waals surface area contributed by atoms with E-state index in [2.05, 4.69) is 48.8 Å². The third-order valence-electron chi connectivity index (χ3n) is 3.76. The summed E-state index contributed by atoms with van der Waals surface area (Å²) in [4.78, 5) is 0. The van der Waals surface area contributed by atoms with Gasteiger partial charge < -0.3 is 10.5 Å². The van der Waals surface area contributed by atoms with E-state index in [4.69, 9.17) is 10.5 Å². The summed E-state index contributed by atoms with van der Waals surface area (Å²) >= 11 is 3.71. The number of nitrogens with two attached hydrogens (primary N) is 1. The van der Waals surface area contributed by atoms with Crippen LogP contribution >= 0.6 is 15.9 Å². The van der Waals surface area contributed by atoms with Gasteiger partial charge in [-0.05, 0) is 37.0 Å². The minimum absolute atomic E-state index is 0.533. The van der Waals surface area contributed by atoms with Crippen LogP contribution in [-0.4, -0.2) is 0 Å². The molecule has 3 heteroatoms. The number of ether oxygens (including phenoxy) is 1. The first-order chi connectivity index (χ1) is 10.1. The summed E-state index contributed by atoms with van der Waals surface area (Å²) in [5, 5.41) is 0. The van der Waals surface area contributed by atoms with E-state index in [1.54, 1.807) is 0 Å². The Labute approximate surface area is 135 Å². The smallest absolute Gasteiger partial charge is 0.147 e. The van der Waals surface area contributed by atoms with Crippen LogP contribution in [-0.2, 0) is 13.0 Å². The van der Waals surface area contributed by atoms with Crippen molar-refractivity contribution in [1.82, 2.24) is 0 Å². The zero-order valence-corrected chi connectivity index (χ0v) is 14.5. The zero-order valence-electron chi connectivity index (χ0n) is 12.9. The lowest BCUT2D eigenvalue weighted by Crippen LogP contribution is -2.06. The normalized spacial score (nSPS) is 10.7. The van der Waals surface area contributed by atoms with Crippen molar-refractivity contribution >= 4 is 21.6 Å². The first-order valence-corrected chi connectivity index (χ1v) is 8.09. The van der Waals surface area contributed by atoms with Gasteiger partial charge >= 0.3 is 0 Å². The van der Waals surface area contributed by atoms with Gasteiger partial charge in [0.15, 0.2) is 0 Å². The van der Waals surface area contributed by atoms with Gasteiger partial charge in [-0.1, -0.05) is 59.6 Å². The van der Waals surface area contributed by atoms with E-state index in [0.29, 0.717) is 6.61 Å². The Morgan fingerprint density at radius 1 is 1.10 bits per heavy atom. The number of anilines is 1. The van der Waals surface area contributed by atoms with E-state index in [9.17, 15) is 0 Å². The lowest BCUT2D eigenvalue weighted by atomic mass is 9.98. The molecule has 0 aliphatic carbocycles. The quantitative estimate of drug-likeness (QED) is 0.756. The Balaban J connectivity index is 2.32. The van der Waals surface area contributed by atoms with E-state index in [0.717, 1.165) is 45.4 Å². The number of nitrogen functional groups attached to an aromatic ring is 1. The fraction of sp³-hybridized carbons (Fsp3) is 0.333. The minimum Gasteiger partial charge on any atom is -0.486 e. The van der Waals surface area contributed by atoms with Gasteiger partial charge in [-0.3, -0.25) is 0 Å². The van der Waals surface area contributed by atoms with Crippen molar-refractivity contribution in [3.05, 3.63) is 57.1 Å². The monoisotopic (exact) mass is 347 g/mol. The third kappa shape index (κ3) is 3.41. The average molecular weight is 348 g/mol. The van der Waals surface area contributed by atoms with E-state index >= 15 is 0 Å². The van der Waals surface area contributed by atoms with Gasteiger partial charge in [-0.15, -0.1) is 0 Å². The molecule has 2 aromatic carbocycles. The molecule has 2 N–H and O–H groups in total. The van der Waals surface area contributed by atoms with Crippen LogP contribution < -0.4 is 10.5 Å². The van der Waals surface area contributed by atoms with Gasteiger partial charge in [0.1, 0.15) is 12.4 Å². The van der Waals surface area contributed by atoms with Gasteiger partial charge in [-0.2, -0.15) is 0 Å². The molecule has 2 aromatic rings. The van der Waals surface area contributed by atoms with Gasteiger partial charge in [-0.25, -0.2) is 0 Å². The first kappa shape index (κ1) is 15.9. The highest BCUT2D eigenvalue weighted by atomic mass is 79.9. The Morgan fingerprint density at radius 3 is 2.38 bits per heavy atom. The number of halogens is 1. The molecule has 21 heavy (non-hydrogen) atoms. The highest BCUT2D eigenvalue weighted by molar-refractivity contribution is 9.10. The third-order valence-corrected chi connectivity index (χ3v) is 4.84. The molecule has 0 amide bonds. The van der Waals surface area contributed by atoms with Crippen LogP contribution in [0.2, 0.25) is 0 Å². The van der Waals surface area contributed by atoms with Crippen LogP contribution in [0.4, 0.5) is 5.69 Å². The number of hydrogen-bond donors (Lipinski definition) is 1. The summed E-state index contributed by atoms with van der Waals surface area (Å²) in [5.74, 6) is 0.795. The van der Waals surface area contributed by atoms with Crippen LogP contribution in [0.3, 0.4) is 0 Å². The minimum atomic E-state index is 0.533. The van der Waals surface area contributed by atoms with Gasteiger partial charge in [0.2, 0.25) is 0 Å². The molecule has 112 valence electrons. The molecular formula is C18H22BrNO. The molecule has 0 radical (unpaired) electrons. The largest absolute Gasteiger partial charge is 0.486 e. The standard InChI is InChI=1S/C18H22BrNO/c1-4-8-15-12(2)17(20)18(13(3)16(15)19)21-11-14-9-6-5-7-10-14/h5-7,9-10H,4,8,11,20H2,1-3H3. The van der Waals surface area contributed by atoms with Crippen molar-refractivity contribution < 1.29 is 4.74 Å². The summed E-state index contributed by atoms with van der Waals surface area (Å²) in [6.07, 6.45) is 2.12. The van der Waals surface area contributed by atoms with Gasteiger partial charge in [0.05, 0.1) is 5.69 Å². The first-order valence-electron chi connectivity index (χ1n) is 7.30. The lowest BCUT2D eigenvalue weighted by Gasteiger charge is -2.19. The molecule has 0 spiro atoms. The molecule has 0 saturated carbocycles. The van der Waals surface area contributed by atoms with Crippen molar-refractivity contribution in [2.45, 2.75) is 40.2 Å². The van der Waals surface area contributed by atoms with Crippen LogP contribution in [0.5, 0.6) is 5.75 Å². The van der Waals surface area contributed by atoms with Gasteiger partial charge in [0.25, 0.3) is 0 Å². The summed E-state index contributed by atoms with van der Waals surface area (Å²) in [7, 11) is 0. The van der Waals surface area contributed by atoms with E-state index in [1.807, 2.05) is 18.2 Å². The Hall–Kier alpha value is -1.48. The summed E-state index contributed by atoms with van der Waals surface area (Å²) in [6.45, 7) is 6.83. The highest BCUT2D eigenvalue weighted by Gasteiger charge is 2.17. The maximum atomic E-state index is 6.30. The van der Waals surface area contributed by atoms with Crippen LogP contribution in [0, 0.1) is 13.8 Å². The van der Waals surface area contributed by atoms with Crippen molar-refractivity contribution in [2.24, 2.45) is 0 Å². The predicted molar refractivity (Wildman–Crippen MR) is 92.8 cm³/mol. The Morgan fingerprint density at radius 2 is 1.76 bits per heavy atom. The molecule has 0 atom stereocenters. The maximum Gasteiger partial charge on any atom is 0.147 e. The van der Waals surface area contributed by atoms with E-state index in [1.165, 1.54) is 5.56 Å². The van der Waals surface area contributed by atoms with E-state index < -0.39 is 0 Å². The fourth-order valence-electron chi connectivity index (χ4n) is 2.49. The van der Waals surface area contributed by atoms with Gasteiger partial charge in [0, 0.05) is 10.0 Å². The van der Waals surface area contributed by atoms with Crippen LogP contribution in [0.25, 0.3) is 0 Å². The average Bonchev–Trinajstić information content (AvgIpc) is 2.51. The van der Waals surface area contributed by atoms with Crippen molar-refractivity contribution in [3.8, 4) is 5.75 Å². The summed E-state index contributed by atoms with van der Waals surface area (Å²) in [6, 6.07) is 10.1. The zero-order chi connectivity index (χ0) is 15.4. The SMILES string of the molecule is CCCc1c(C)c(N)c(OCc2ccccc2)c(C)c1Br. The lowest BCUT2D eigenvalue weighted by molar-refractivity contribution is 0.305. The molecule has 0 heterocycles. The molecule has 0 aromatic heterocycles.